The van der Waals surface area contributed by atoms with E-state index in [0.29, 0.717) is 17.2 Å². The molecular formula is C26H28ClN5O2. The lowest BCUT2D eigenvalue weighted by Crippen LogP contribution is -2.38. The standard InChI is InChI=1S/C26H28ClN5O2/c1-17-7-9-19(10-8-17)13-21(15-30-25(34)16-33)32-23-6-4-3-5-22(23)31(26(32)28)18(2)20-11-12-24(27)29-14-20/h3-12,14,18,21,28,33H,13,15-16H2,1-2H3,(H,30,34). The van der Waals surface area contributed by atoms with Crippen molar-refractivity contribution in [3.63, 3.8) is 0 Å². The molecule has 176 valence electrons. The van der Waals surface area contributed by atoms with E-state index >= 15 is 0 Å². The molecule has 8 heteroatoms. The van der Waals surface area contributed by atoms with Gasteiger partial charge in [-0.25, -0.2) is 4.98 Å². The van der Waals surface area contributed by atoms with Gasteiger partial charge in [0.2, 0.25) is 11.5 Å². The van der Waals surface area contributed by atoms with Crippen molar-refractivity contribution in [3.05, 3.63) is 94.3 Å². The number of aliphatic hydroxyl groups excluding tert-OH is 1. The molecule has 0 saturated heterocycles. The molecule has 4 aromatic rings. The van der Waals surface area contributed by atoms with Crippen LogP contribution < -0.4 is 10.9 Å². The van der Waals surface area contributed by atoms with Crippen LogP contribution in [0, 0.1) is 12.3 Å². The van der Waals surface area contributed by atoms with E-state index in [-0.39, 0.29) is 18.6 Å². The van der Waals surface area contributed by atoms with Crippen LogP contribution in [-0.4, -0.2) is 38.3 Å². The van der Waals surface area contributed by atoms with E-state index in [0.717, 1.165) is 22.2 Å². The van der Waals surface area contributed by atoms with Gasteiger partial charge in [0.05, 0.1) is 23.1 Å². The third-order valence-corrected chi connectivity index (χ3v) is 6.34. The molecule has 2 heterocycles. The lowest BCUT2D eigenvalue weighted by Gasteiger charge is -2.21. The van der Waals surface area contributed by atoms with E-state index in [4.69, 9.17) is 11.6 Å². The Labute approximate surface area is 203 Å². The molecule has 4 rings (SSSR count). The van der Waals surface area contributed by atoms with Crippen LogP contribution in [0.1, 0.15) is 35.7 Å². The average molecular weight is 478 g/mol. The monoisotopic (exact) mass is 477 g/mol. The predicted molar refractivity (Wildman–Crippen MR) is 133 cm³/mol. The molecular weight excluding hydrogens is 450 g/mol. The second-order valence-electron chi connectivity index (χ2n) is 8.45. The number of hydrogen-bond donors (Lipinski definition) is 3. The van der Waals surface area contributed by atoms with Gasteiger partial charge < -0.3 is 19.6 Å². The van der Waals surface area contributed by atoms with E-state index < -0.39 is 12.5 Å². The summed E-state index contributed by atoms with van der Waals surface area (Å²) < 4.78 is 3.93. The number of amides is 1. The van der Waals surface area contributed by atoms with E-state index in [2.05, 4.69) is 34.6 Å². The number of aryl methyl sites for hydroxylation is 1. The summed E-state index contributed by atoms with van der Waals surface area (Å²) in [6.07, 6.45) is 2.35. The molecule has 0 aliphatic carbocycles. The van der Waals surface area contributed by atoms with Crippen molar-refractivity contribution >= 4 is 28.5 Å². The van der Waals surface area contributed by atoms with Crippen molar-refractivity contribution in [2.75, 3.05) is 13.2 Å². The van der Waals surface area contributed by atoms with Crippen molar-refractivity contribution in [1.29, 1.82) is 5.41 Å². The number of hydrogen-bond acceptors (Lipinski definition) is 4. The topological polar surface area (TPSA) is 95.9 Å². The largest absolute Gasteiger partial charge is 0.387 e. The minimum atomic E-state index is -0.571. The molecule has 2 aromatic carbocycles. The normalized spacial score (nSPS) is 13.1. The van der Waals surface area contributed by atoms with Gasteiger partial charge in [0.1, 0.15) is 11.8 Å². The number of nitrogens with one attached hydrogen (secondary N) is 2. The fourth-order valence-electron chi connectivity index (χ4n) is 4.30. The zero-order chi connectivity index (χ0) is 24.2. The number of carbonyl (C=O) groups excluding carboxylic acids is 1. The van der Waals surface area contributed by atoms with Gasteiger partial charge in [0.25, 0.3) is 0 Å². The van der Waals surface area contributed by atoms with Crippen molar-refractivity contribution in [2.24, 2.45) is 0 Å². The molecule has 0 aliphatic rings. The fraction of sp³-hybridized carbons (Fsp3) is 0.269. The molecule has 3 N–H and O–H groups in total. The maximum Gasteiger partial charge on any atom is 0.245 e. The summed E-state index contributed by atoms with van der Waals surface area (Å²) in [7, 11) is 0. The first-order valence-corrected chi connectivity index (χ1v) is 11.6. The van der Waals surface area contributed by atoms with Crippen LogP contribution in [0.5, 0.6) is 0 Å². The van der Waals surface area contributed by atoms with Crippen LogP contribution >= 0.6 is 11.6 Å². The summed E-state index contributed by atoms with van der Waals surface area (Å²) in [4.78, 5) is 16.1. The number of aliphatic hydroxyl groups is 1. The quantitative estimate of drug-likeness (QED) is 0.337. The highest BCUT2D eigenvalue weighted by atomic mass is 35.5. The van der Waals surface area contributed by atoms with Crippen LogP contribution in [-0.2, 0) is 11.2 Å². The number of pyridine rings is 1. The van der Waals surface area contributed by atoms with Crippen LogP contribution in [0.2, 0.25) is 5.15 Å². The minimum Gasteiger partial charge on any atom is -0.387 e. The highest BCUT2D eigenvalue weighted by molar-refractivity contribution is 6.29. The van der Waals surface area contributed by atoms with Gasteiger partial charge in [0.15, 0.2) is 0 Å². The van der Waals surface area contributed by atoms with Crippen LogP contribution in [0.4, 0.5) is 0 Å². The Kier molecular flexibility index (Phi) is 7.14. The summed E-state index contributed by atoms with van der Waals surface area (Å²) in [5.74, 6) is -0.439. The summed E-state index contributed by atoms with van der Waals surface area (Å²) >= 11 is 5.98. The lowest BCUT2D eigenvalue weighted by atomic mass is 10.0. The van der Waals surface area contributed by atoms with Gasteiger partial charge >= 0.3 is 0 Å². The number of para-hydroxylation sites is 2. The number of fused-ring (bicyclic) bond motifs is 1. The molecule has 7 nitrogen and oxygen atoms in total. The Hall–Kier alpha value is -3.42. The van der Waals surface area contributed by atoms with Crippen molar-refractivity contribution in [2.45, 2.75) is 32.4 Å². The minimum absolute atomic E-state index is 0.157. The summed E-state index contributed by atoms with van der Waals surface area (Å²) in [6.45, 7) is 3.79. The Balaban J connectivity index is 1.82. The van der Waals surface area contributed by atoms with Gasteiger partial charge in [-0.05, 0) is 49.6 Å². The second kappa shape index (κ2) is 10.2. The maximum absolute atomic E-state index is 11.9. The van der Waals surface area contributed by atoms with E-state index in [1.165, 1.54) is 5.56 Å². The third kappa shape index (κ3) is 4.90. The second-order valence-corrected chi connectivity index (χ2v) is 8.84. The molecule has 0 saturated carbocycles. The fourth-order valence-corrected chi connectivity index (χ4v) is 4.41. The van der Waals surface area contributed by atoms with E-state index in [1.54, 1.807) is 12.3 Å². The Morgan fingerprint density at radius 2 is 1.76 bits per heavy atom. The van der Waals surface area contributed by atoms with Crippen LogP contribution in [0.15, 0.2) is 66.9 Å². The summed E-state index contributed by atoms with van der Waals surface area (Å²) in [5.41, 5.74) is 5.35. The first kappa shape index (κ1) is 23.7. The SMILES string of the molecule is Cc1ccc(CC(CNC(=O)CO)n2c(=N)n(C(C)c3ccc(Cl)nc3)c3ccccc32)cc1. The molecule has 0 aliphatic heterocycles. The maximum atomic E-state index is 11.9. The van der Waals surface area contributed by atoms with Crippen molar-refractivity contribution in [1.82, 2.24) is 19.4 Å². The number of aromatic nitrogens is 3. The smallest absolute Gasteiger partial charge is 0.245 e. The average Bonchev–Trinajstić information content (AvgIpc) is 3.14. The zero-order valence-corrected chi connectivity index (χ0v) is 20.0. The first-order valence-electron chi connectivity index (χ1n) is 11.2. The van der Waals surface area contributed by atoms with Gasteiger partial charge in [-0.15, -0.1) is 0 Å². The number of halogens is 1. The third-order valence-electron chi connectivity index (χ3n) is 6.11. The van der Waals surface area contributed by atoms with E-state index in [1.807, 2.05) is 53.3 Å². The van der Waals surface area contributed by atoms with Crippen molar-refractivity contribution < 1.29 is 9.90 Å². The number of carbonyl (C=O) groups is 1. The molecule has 34 heavy (non-hydrogen) atoms. The molecule has 0 spiro atoms. The Morgan fingerprint density at radius 1 is 1.09 bits per heavy atom. The molecule has 2 unspecified atom stereocenters. The highest BCUT2D eigenvalue weighted by Gasteiger charge is 2.23. The van der Waals surface area contributed by atoms with Gasteiger partial charge in [-0.3, -0.25) is 10.2 Å². The Bertz CT molecular complexity index is 1340. The van der Waals surface area contributed by atoms with Gasteiger partial charge in [-0.2, -0.15) is 0 Å². The lowest BCUT2D eigenvalue weighted by molar-refractivity contribution is -0.123. The number of nitrogens with zero attached hydrogens (tertiary/aromatic N) is 3. The first-order chi connectivity index (χ1) is 16.4. The van der Waals surface area contributed by atoms with Gasteiger partial charge in [-0.1, -0.05) is 59.6 Å². The van der Waals surface area contributed by atoms with E-state index in [9.17, 15) is 15.3 Å². The van der Waals surface area contributed by atoms with Crippen LogP contribution in [0.3, 0.4) is 0 Å². The van der Waals surface area contributed by atoms with Crippen LogP contribution in [0.25, 0.3) is 11.0 Å². The zero-order valence-electron chi connectivity index (χ0n) is 19.2. The number of rotatable bonds is 8. The summed E-state index contributed by atoms with van der Waals surface area (Å²) in [6, 6.07) is 19.4. The highest BCUT2D eigenvalue weighted by Crippen LogP contribution is 2.26. The summed E-state index contributed by atoms with van der Waals surface area (Å²) in [5, 5.41) is 21.6. The van der Waals surface area contributed by atoms with Crippen molar-refractivity contribution in [3.8, 4) is 0 Å². The predicted octanol–water partition coefficient (Wildman–Crippen LogP) is 3.78. The van der Waals surface area contributed by atoms with Gasteiger partial charge in [0, 0.05) is 12.7 Å². The molecule has 1 amide bonds. The Morgan fingerprint density at radius 3 is 2.38 bits per heavy atom. The molecule has 2 atom stereocenters. The molecule has 2 aromatic heterocycles. The molecule has 0 radical (unpaired) electrons. The number of imidazole rings is 1. The molecule has 0 fully saturated rings. The molecule has 0 bridgehead atoms. The number of benzene rings is 2.